The molecule has 1 rings (SSSR count). The molecule has 0 radical (unpaired) electrons. The average Bonchev–Trinajstić information content (AvgIpc) is 2.16. The molecule has 0 fully saturated rings. The maximum Gasteiger partial charge on any atom is 0.365 e. The minimum Gasteiger partial charge on any atom is -0.217 e. The maximum absolute atomic E-state index is 11.5. The van der Waals surface area contributed by atoms with E-state index in [0.29, 0.717) is 0 Å². The molecule has 15 heavy (non-hydrogen) atoms. The van der Waals surface area contributed by atoms with Crippen molar-refractivity contribution >= 4 is 17.9 Å². The van der Waals surface area contributed by atoms with Crippen LogP contribution >= 0.6 is 7.80 Å². The molecule has 6 heteroatoms. The first kappa shape index (κ1) is 12.3. The van der Waals surface area contributed by atoms with Crippen LogP contribution in [0, 0.1) is 6.92 Å². The molecule has 1 atom stereocenters. The molecule has 0 aliphatic carbocycles. The first-order valence-corrected chi connectivity index (χ1v) is 7.56. The van der Waals surface area contributed by atoms with Gasteiger partial charge in [-0.2, -0.15) is 8.42 Å². The monoisotopic (exact) mass is 247 g/mol. The van der Waals surface area contributed by atoms with Gasteiger partial charge in [-0.25, -0.2) is 4.18 Å². The summed E-state index contributed by atoms with van der Waals surface area (Å²) in [7, 11) is -5.37. The van der Waals surface area contributed by atoms with Gasteiger partial charge >= 0.3 is 17.9 Å². The van der Waals surface area contributed by atoms with E-state index in [1.54, 1.807) is 12.1 Å². The highest BCUT2D eigenvalue weighted by atomic mass is 32.2. The fraction of sp³-hybridized carbons (Fsp3) is 0.333. The van der Waals surface area contributed by atoms with Gasteiger partial charge < -0.3 is 0 Å². The maximum atomic E-state index is 11.5. The van der Waals surface area contributed by atoms with Gasteiger partial charge in [0.25, 0.3) is 6.35 Å². The standard InChI is InChI=1S/C9H12O4PS/c1-8-3-5-9(6-4-8)15(11,12)13-7-14(2)10/h3-6H,7H2,1-2H3/q+1. The van der Waals surface area contributed by atoms with Crippen LogP contribution in [0.5, 0.6) is 0 Å². The highest BCUT2D eigenvalue weighted by Gasteiger charge is 2.19. The number of rotatable bonds is 4. The Balaban J connectivity index is 2.87. The third-order valence-electron chi connectivity index (χ3n) is 1.70. The van der Waals surface area contributed by atoms with E-state index in [0.717, 1.165) is 5.56 Å². The van der Waals surface area contributed by atoms with Crippen molar-refractivity contribution in [2.24, 2.45) is 0 Å². The van der Waals surface area contributed by atoms with Crippen LogP contribution in [0.3, 0.4) is 0 Å². The third kappa shape index (κ3) is 3.70. The van der Waals surface area contributed by atoms with Crippen molar-refractivity contribution in [3.63, 3.8) is 0 Å². The predicted molar refractivity (Wildman–Crippen MR) is 57.8 cm³/mol. The van der Waals surface area contributed by atoms with E-state index in [4.69, 9.17) is 0 Å². The van der Waals surface area contributed by atoms with Crippen LogP contribution in [-0.4, -0.2) is 21.4 Å². The number of benzene rings is 1. The fourth-order valence-corrected chi connectivity index (χ4v) is 2.67. The minimum atomic E-state index is -3.76. The zero-order chi connectivity index (χ0) is 11.5. The first-order chi connectivity index (χ1) is 6.92. The molecule has 0 heterocycles. The molecule has 0 aliphatic rings. The lowest BCUT2D eigenvalue weighted by Gasteiger charge is -2.01. The van der Waals surface area contributed by atoms with E-state index in [9.17, 15) is 13.0 Å². The van der Waals surface area contributed by atoms with Crippen LogP contribution in [-0.2, 0) is 18.9 Å². The summed E-state index contributed by atoms with van der Waals surface area (Å²) in [6.45, 7) is 3.28. The van der Waals surface area contributed by atoms with Crippen molar-refractivity contribution in [2.45, 2.75) is 11.8 Å². The van der Waals surface area contributed by atoms with Crippen molar-refractivity contribution in [1.82, 2.24) is 0 Å². The van der Waals surface area contributed by atoms with Crippen LogP contribution in [0.2, 0.25) is 0 Å². The topological polar surface area (TPSA) is 60.4 Å². The smallest absolute Gasteiger partial charge is 0.217 e. The highest BCUT2D eigenvalue weighted by Crippen LogP contribution is 2.19. The Morgan fingerprint density at radius 1 is 1.27 bits per heavy atom. The van der Waals surface area contributed by atoms with Crippen LogP contribution in [0.25, 0.3) is 0 Å². The summed E-state index contributed by atoms with van der Waals surface area (Å²) in [5.74, 6) is 0. The average molecular weight is 247 g/mol. The van der Waals surface area contributed by atoms with E-state index in [2.05, 4.69) is 4.18 Å². The van der Waals surface area contributed by atoms with Crippen LogP contribution in [0.15, 0.2) is 29.2 Å². The Labute approximate surface area is 90.2 Å². The molecular weight excluding hydrogens is 235 g/mol. The molecular formula is C9H12O4PS+. The largest absolute Gasteiger partial charge is 0.365 e. The van der Waals surface area contributed by atoms with Gasteiger partial charge in [0.15, 0.2) is 0 Å². The van der Waals surface area contributed by atoms with Crippen molar-refractivity contribution in [3.8, 4) is 0 Å². The Morgan fingerprint density at radius 2 is 1.80 bits per heavy atom. The molecule has 1 aromatic rings. The molecule has 0 aliphatic heterocycles. The molecule has 0 saturated carbocycles. The van der Waals surface area contributed by atoms with Crippen molar-refractivity contribution in [1.29, 1.82) is 0 Å². The van der Waals surface area contributed by atoms with E-state index in [1.807, 2.05) is 6.92 Å². The van der Waals surface area contributed by atoms with Gasteiger partial charge in [0.05, 0.1) is 4.90 Å². The lowest BCUT2D eigenvalue weighted by molar-refractivity contribution is 0.372. The second-order valence-corrected chi connectivity index (χ2v) is 6.27. The number of aryl methyl sites for hydroxylation is 1. The number of hydrogen-bond donors (Lipinski definition) is 0. The minimum absolute atomic E-state index is 0.0879. The lowest BCUT2D eigenvalue weighted by atomic mass is 10.2. The molecule has 4 nitrogen and oxygen atoms in total. The van der Waals surface area contributed by atoms with E-state index in [1.165, 1.54) is 18.8 Å². The van der Waals surface area contributed by atoms with Gasteiger partial charge in [0.1, 0.15) is 6.66 Å². The SMILES string of the molecule is Cc1ccc(S(=O)(=O)OC[P+](C)=O)cc1. The molecule has 1 unspecified atom stereocenters. The van der Waals surface area contributed by atoms with Gasteiger partial charge in [-0.15, -0.1) is 0 Å². The Morgan fingerprint density at radius 3 is 2.27 bits per heavy atom. The molecule has 0 bridgehead atoms. The van der Waals surface area contributed by atoms with Gasteiger partial charge in [-0.3, -0.25) is 0 Å². The molecule has 82 valence electrons. The van der Waals surface area contributed by atoms with Crippen LogP contribution < -0.4 is 0 Å². The zero-order valence-corrected chi connectivity index (χ0v) is 10.2. The number of hydrogen-bond acceptors (Lipinski definition) is 4. The summed E-state index contributed by atoms with van der Waals surface area (Å²) in [5.41, 5.74) is 0.968. The van der Waals surface area contributed by atoms with Gasteiger partial charge in [0, 0.05) is 0 Å². The van der Waals surface area contributed by atoms with E-state index >= 15 is 0 Å². The fourth-order valence-electron chi connectivity index (χ4n) is 0.917. The summed E-state index contributed by atoms with van der Waals surface area (Å²) in [4.78, 5) is 0.0879. The summed E-state index contributed by atoms with van der Waals surface area (Å²) in [5, 5.41) is 0. The Hall–Kier alpha value is -0.770. The first-order valence-electron chi connectivity index (χ1n) is 4.26. The highest BCUT2D eigenvalue weighted by molar-refractivity contribution is 7.87. The van der Waals surface area contributed by atoms with Crippen LogP contribution in [0.1, 0.15) is 5.56 Å². The van der Waals surface area contributed by atoms with Gasteiger partial charge in [0.2, 0.25) is 0 Å². The molecule has 1 aromatic carbocycles. The summed E-state index contributed by atoms with van der Waals surface area (Å²) < 4.78 is 38.3. The quantitative estimate of drug-likeness (QED) is 0.604. The summed E-state index contributed by atoms with van der Waals surface area (Å²) in [6, 6.07) is 6.30. The Bertz CT molecular complexity index is 450. The third-order valence-corrected chi connectivity index (χ3v) is 3.64. The van der Waals surface area contributed by atoms with E-state index < -0.39 is 17.9 Å². The summed E-state index contributed by atoms with van der Waals surface area (Å²) >= 11 is 0. The van der Waals surface area contributed by atoms with Crippen LogP contribution in [0.4, 0.5) is 0 Å². The molecule has 0 amide bonds. The molecule has 0 spiro atoms. The lowest BCUT2D eigenvalue weighted by Crippen LogP contribution is -2.05. The van der Waals surface area contributed by atoms with E-state index in [-0.39, 0.29) is 11.2 Å². The van der Waals surface area contributed by atoms with Gasteiger partial charge in [-0.05, 0) is 19.1 Å². The zero-order valence-electron chi connectivity index (χ0n) is 8.50. The van der Waals surface area contributed by atoms with Gasteiger partial charge in [-0.1, -0.05) is 22.3 Å². The molecule has 0 aromatic heterocycles. The second kappa shape index (κ2) is 4.84. The second-order valence-electron chi connectivity index (χ2n) is 3.14. The van der Waals surface area contributed by atoms with Crippen molar-refractivity contribution < 1.29 is 17.2 Å². The molecule has 0 saturated heterocycles. The Kier molecular flexibility index (Phi) is 3.97. The molecule has 0 N–H and O–H groups in total. The normalized spacial score (nSPS) is 12.5. The van der Waals surface area contributed by atoms with Crippen molar-refractivity contribution in [3.05, 3.63) is 29.8 Å². The van der Waals surface area contributed by atoms with Crippen molar-refractivity contribution in [2.75, 3.05) is 13.0 Å². The predicted octanol–water partition coefficient (Wildman–Crippen LogP) is 2.12. The summed E-state index contributed by atoms with van der Waals surface area (Å²) in [6.07, 6.45) is -0.272.